The quantitative estimate of drug-likeness (QED) is 0.932. The molecule has 1 aromatic heterocycles. The first kappa shape index (κ1) is 15.3. The number of hydrogen-bond acceptors (Lipinski definition) is 3. The van der Waals surface area contributed by atoms with E-state index >= 15 is 0 Å². The highest BCUT2D eigenvalue weighted by atomic mass is 32.1. The molecular weight excluding hydrogens is 294 g/mol. The van der Waals surface area contributed by atoms with Crippen LogP contribution in [-0.2, 0) is 0 Å². The minimum atomic E-state index is -0.511. The average molecular weight is 315 g/mol. The number of rotatable bonds is 4. The van der Waals surface area contributed by atoms with Crippen LogP contribution in [0.15, 0.2) is 41.1 Å². The van der Waals surface area contributed by atoms with E-state index in [-0.39, 0.29) is 11.9 Å². The molecule has 116 valence electrons. The van der Waals surface area contributed by atoms with Gasteiger partial charge in [-0.25, -0.2) is 0 Å². The second-order valence-electron chi connectivity index (χ2n) is 5.93. The third-order valence-corrected chi connectivity index (χ3v) is 5.27. The lowest BCUT2D eigenvalue weighted by atomic mass is 10.00. The van der Waals surface area contributed by atoms with Crippen LogP contribution in [0, 0.1) is 6.92 Å². The fourth-order valence-corrected chi connectivity index (χ4v) is 3.97. The first-order valence-corrected chi connectivity index (χ1v) is 8.68. The Hall–Kier alpha value is -1.65. The summed E-state index contributed by atoms with van der Waals surface area (Å²) in [6.07, 6.45) is 2.09. The summed E-state index contributed by atoms with van der Waals surface area (Å²) < 4.78 is 0. The van der Waals surface area contributed by atoms with Crippen molar-refractivity contribution in [3.05, 3.63) is 57.8 Å². The zero-order valence-electron chi connectivity index (χ0n) is 12.7. The zero-order valence-corrected chi connectivity index (χ0v) is 13.6. The molecule has 0 radical (unpaired) electrons. The number of carbonyl (C=O) groups excluding carboxylic acids is 1. The first-order valence-electron chi connectivity index (χ1n) is 7.73. The van der Waals surface area contributed by atoms with Gasteiger partial charge in [-0.15, -0.1) is 0 Å². The van der Waals surface area contributed by atoms with Crippen molar-refractivity contribution in [1.29, 1.82) is 0 Å². The molecule has 2 atom stereocenters. The van der Waals surface area contributed by atoms with Gasteiger partial charge in [0.2, 0.25) is 0 Å². The van der Waals surface area contributed by atoms with Gasteiger partial charge < -0.3 is 10.0 Å². The van der Waals surface area contributed by atoms with E-state index in [0.717, 1.165) is 36.1 Å². The summed E-state index contributed by atoms with van der Waals surface area (Å²) in [4.78, 5) is 14.7. The third kappa shape index (κ3) is 3.08. The molecule has 1 aliphatic heterocycles. The molecule has 0 saturated carbocycles. The third-order valence-electron chi connectivity index (χ3n) is 4.40. The Balaban J connectivity index is 1.71. The van der Waals surface area contributed by atoms with Crippen LogP contribution in [0.25, 0.3) is 0 Å². The van der Waals surface area contributed by atoms with Crippen LogP contribution in [0.2, 0.25) is 0 Å². The molecule has 1 amide bonds. The van der Waals surface area contributed by atoms with Crippen molar-refractivity contribution in [2.75, 3.05) is 6.54 Å². The Morgan fingerprint density at radius 1 is 1.36 bits per heavy atom. The van der Waals surface area contributed by atoms with E-state index in [1.807, 2.05) is 52.9 Å². The van der Waals surface area contributed by atoms with E-state index in [4.69, 9.17) is 0 Å². The number of aryl methyl sites for hydroxylation is 1. The van der Waals surface area contributed by atoms with Crippen molar-refractivity contribution in [3.63, 3.8) is 0 Å². The maximum absolute atomic E-state index is 12.7. The SMILES string of the molecule is Cc1cscc1C(=O)N1CCCC1CC(O)c1ccccc1. The van der Waals surface area contributed by atoms with E-state index in [0.29, 0.717) is 6.42 Å². The van der Waals surface area contributed by atoms with E-state index < -0.39 is 6.10 Å². The predicted molar refractivity (Wildman–Crippen MR) is 89.1 cm³/mol. The number of amides is 1. The Bertz CT molecular complexity index is 638. The van der Waals surface area contributed by atoms with Crippen molar-refractivity contribution in [1.82, 2.24) is 4.90 Å². The maximum atomic E-state index is 12.7. The van der Waals surface area contributed by atoms with Crippen molar-refractivity contribution in [2.45, 2.75) is 38.3 Å². The molecule has 1 fully saturated rings. The van der Waals surface area contributed by atoms with Gasteiger partial charge in [-0.05, 0) is 42.7 Å². The number of carbonyl (C=O) groups is 1. The van der Waals surface area contributed by atoms with Crippen LogP contribution < -0.4 is 0 Å². The second kappa shape index (κ2) is 6.63. The molecule has 4 heteroatoms. The monoisotopic (exact) mass is 315 g/mol. The van der Waals surface area contributed by atoms with Gasteiger partial charge in [0, 0.05) is 18.0 Å². The number of aliphatic hydroxyl groups is 1. The van der Waals surface area contributed by atoms with Gasteiger partial charge in [0.05, 0.1) is 11.7 Å². The highest BCUT2D eigenvalue weighted by Gasteiger charge is 2.31. The molecule has 1 saturated heterocycles. The molecule has 1 N–H and O–H groups in total. The molecule has 2 heterocycles. The van der Waals surface area contributed by atoms with Gasteiger partial charge in [-0.3, -0.25) is 4.79 Å². The van der Waals surface area contributed by atoms with Crippen molar-refractivity contribution < 1.29 is 9.90 Å². The number of likely N-dealkylation sites (tertiary alicyclic amines) is 1. The van der Waals surface area contributed by atoms with Crippen LogP contribution >= 0.6 is 11.3 Å². The smallest absolute Gasteiger partial charge is 0.255 e. The van der Waals surface area contributed by atoms with Crippen LogP contribution in [0.4, 0.5) is 0 Å². The molecule has 1 aliphatic rings. The Morgan fingerprint density at radius 3 is 2.82 bits per heavy atom. The van der Waals surface area contributed by atoms with Gasteiger partial charge in [-0.2, -0.15) is 11.3 Å². The van der Waals surface area contributed by atoms with E-state index in [9.17, 15) is 9.90 Å². The number of aliphatic hydroxyl groups excluding tert-OH is 1. The average Bonchev–Trinajstić information content (AvgIpc) is 3.16. The highest BCUT2D eigenvalue weighted by Crippen LogP contribution is 2.29. The number of hydrogen-bond donors (Lipinski definition) is 1. The van der Waals surface area contributed by atoms with Gasteiger partial charge in [0.1, 0.15) is 0 Å². The Kier molecular flexibility index (Phi) is 4.60. The minimum Gasteiger partial charge on any atom is -0.388 e. The fraction of sp³-hybridized carbons (Fsp3) is 0.389. The summed E-state index contributed by atoms with van der Waals surface area (Å²) in [6, 6.07) is 9.82. The minimum absolute atomic E-state index is 0.113. The summed E-state index contributed by atoms with van der Waals surface area (Å²) in [6.45, 7) is 2.77. The zero-order chi connectivity index (χ0) is 15.5. The highest BCUT2D eigenvalue weighted by molar-refractivity contribution is 7.08. The number of benzene rings is 1. The summed E-state index contributed by atoms with van der Waals surface area (Å²) in [7, 11) is 0. The molecular formula is C18H21NO2S. The summed E-state index contributed by atoms with van der Waals surface area (Å²) in [5.41, 5.74) is 2.78. The molecule has 3 nitrogen and oxygen atoms in total. The molecule has 3 rings (SSSR count). The van der Waals surface area contributed by atoms with Crippen LogP contribution in [-0.4, -0.2) is 28.5 Å². The Morgan fingerprint density at radius 2 is 2.14 bits per heavy atom. The molecule has 2 unspecified atom stereocenters. The lowest BCUT2D eigenvalue weighted by Crippen LogP contribution is -2.36. The van der Waals surface area contributed by atoms with E-state index in [1.54, 1.807) is 11.3 Å². The van der Waals surface area contributed by atoms with Crippen molar-refractivity contribution in [2.24, 2.45) is 0 Å². The van der Waals surface area contributed by atoms with Gasteiger partial charge >= 0.3 is 0 Å². The normalized spacial score (nSPS) is 19.4. The molecule has 0 spiro atoms. The fourth-order valence-electron chi connectivity index (χ4n) is 3.15. The summed E-state index contributed by atoms with van der Waals surface area (Å²) in [5.74, 6) is 0.113. The lowest BCUT2D eigenvalue weighted by molar-refractivity contribution is 0.0667. The first-order chi connectivity index (χ1) is 10.7. The van der Waals surface area contributed by atoms with E-state index in [1.165, 1.54) is 0 Å². The summed E-state index contributed by atoms with van der Waals surface area (Å²) >= 11 is 1.57. The number of thiophene rings is 1. The molecule has 0 aliphatic carbocycles. The number of nitrogens with zero attached hydrogens (tertiary/aromatic N) is 1. The molecule has 2 aromatic rings. The van der Waals surface area contributed by atoms with Crippen molar-refractivity contribution >= 4 is 17.2 Å². The molecule has 1 aromatic carbocycles. The van der Waals surface area contributed by atoms with Gasteiger partial charge in [0.15, 0.2) is 0 Å². The lowest BCUT2D eigenvalue weighted by Gasteiger charge is -2.27. The standard InChI is InChI=1S/C18H21NO2S/c1-13-11-22-12-16(13)18(21)19-9-5-8-15(19)10-17(20)14-6-3-2-4-7-14/h2-4,6-7,11-12,15,17,20H,5,8-10H2,1H3. The van der Waals surface area contributed by atoms with E-state index in [2.05, 4.69) is 0 Å². The Labute approximate surface area is 135 Å². The van der Waals surface area contributed by atoms with Crippen molar-refractivity contribution in [3.8, 4) is 0 Å². The topological polar surface area (TPSA) is 40.5 Å². The largest absolute Gasteiger partial charge is 0.388 e. The maximum Gasteiger partial charge on any atom is 0.255 e. The van der Waals surface area contributed by atoms with Crippen LogP contribution in [0.3, 0.4) is 0 Å². The van der Waals surface area contributed by atoms with Gasteiger partial charge in [-0.1, -0.05) is 30.3 Å². The molecule has 0 bridgehead atoms. The summed E-state index contributed by atoms with van der Waals surface area (Å²) in [5, 5.41) is 14.4. The second-order valence-corrected chi connectivity index (χ2v) is 6.67. The predicted octanol–water partition coefficient (Wildman–Crippen LogP) is 3.78. The molecule has 22 heavy (non-hydrogen) atoms. The van der Waals surface area contributed by atoms with Crippen LogP contribution in [0.1, 0.15) is 46.9 Å². The van der Waals surface area contributed by atoms with Gasteiger partial charge in [0.25, 0.3) is 5.91 Å². The van der Waals surface area contributed by atoms with Crippen LogP contribution in [0.5, 0.6) is 0 Å².